The number of amides is 1. The molecule has 1 aromatic carbocycles. The van der Waals surface area contributed by atoms with Gasteiger partial charge in [0, 0.05) is 26.2 Å². The first kappa shape index (κ1) is 13.3. The molecule has 1 aromatic heterocycles. The molecule has 0 bridgehead atoms. The summed E-state index contributed by atoms with van der Waals surface area (Å²) >= 11 is 1.20. The number of benzene rings is 1. The molecule has 3 rings (SSSR count). The molecule has 0 radical (unpaired) electrons. The second-order valence-corrected chi connectivity index (χ2v) is 6.05. The Morgan fingerprint density at radius 2 is 2.10 bits per heavy atom. The van der Waals surface area contributed by atoms with Crippen molar-refractivity contribution < 1.29 is 4.79 Å². The average molecular weight is 291 g/mol. The Balaban J connectivity index is 1.90. The summed E-state index contributed by atoms with van der Waals surface area (Å²) in [4.78, 5) is 26.1. The Bertz CT molecular complexity index is 698. The first-order valence-corrected chi connectivity index (χ1v) is 7.55. The van der Waals surface area contributed by atoms with E-state index in [1.165, 1.54) is 11.3 Å². The summed E-state index contributed by atoms with van der Waals surface area (Å²) in [6.07, 6.45) is 0. The molecule has 2 heterocycles. The van der Waals surface area contributed by atoms with Gasteiger partial charge in [-0.2, -0.15) is 0 Å². The van der Waals surface area contributed by atoms with Gasteiger partial charge in [0.25, 0.3) is 0 Å². The van der Waals surface area contributed by atoms with Gasteiger partial charge >= 0.3 is 4.87 Å². The maximum absolute atomic E-state index is 12.3. The number of hydrogen-bond acceptors (Lipinski definition) is 4. The lowest BCUT2D eigenvalue weighted by molar-refractivity contribution is -0.132. The predicted molar refractivity (Wildman–Crippen MR) is 80.3 cm³/mol. The summed E-state index contributed by atoms with van der Waals surface area (Å²) in [7, 11) is 0. The van der Waals surface area contributed by atoms with Crippen LogP contribution in [0.2, 0.25) is 0 Å². The van der Waals surface area contributed by atoms with Crippen LogP contribution in [0.5, 0.6) is 0 Å². The lowest BCUT2D eigenvalue weighted by Gasteiger charge is -2.27. The van der Waals surface area contributed by atoms with E-state index in [9.17, 15) is 9.59 Å². The summed E-state index contributed by atoms with van der Waals surface area (Å²) < 4.78 is 2.53. The topological polar surface area (TPSA) is 54.3 Å². The predicted octanol–water partition coefficient (Wildman–Crippen LogP) is 0.803. The van der Waals surface area contributed by atoms with Gasteiger partial charge in [-0.25, -0.2) is 0 Å². The average Bonchev–Trinajstić information content (AvgIpc) is 2.76. The third-order valence-corrected chi connectivity index (χ3v) is 4.55. The van der Waals surface area contributed by atoms with Crippen LogP contribution in [0.1, 0.15) is 5.56 Å². The molecule has 1 amide bonds. The highest BCUT2D eigenvalue weighted by Crippen LogP contribution is 2.18. The van der Waals surface area contributed by atoms with Gasteiger partial charge in [-0.3, -0.25) is 14.2 Å². The second kappa shape index (κ2) is 5.38. The van der Waals surface area contributed by atoms with Gasteiger partial charge in [0.15, 0.2) is 0 Å². The number of hydrogen-bond donors (Lipinski definition) is 1. The molecule has 2 aromatic rings. The number of thiazole rings is 1. The molecule has 1 saturated heterocycles. The molecule has 5 nitrogen and oxygen atoms in total. The van der Waals surface area contributed by atoms with Crippen LogP contribution in [-0.4, -0.2) is 41.6 Å². The monoisotopic (exact) mass is 291 g/mol. The molecule has 0 atom stereocenters. The molecule has 0 spiro atoms. The molecule has 6 heteroatoms. The first-order chi connectivity index (χ1) is 9.65. The van der Waals surface area contributed by atoms with Crippen LogP contribution in [0.15, 0.2) is 23.0 Å². The van der Waals surface area contributed by atoms with Gasteiger partial charge in [0.05, 0.1) is 10.2 Å². The van der Waals surface area contributed by atoms with Crippen LogP contribution in [0.25, 0.3) is 10.2 Å². The number of aryl methyl sites for hydroxylation is 1. The largest absolute Gasteiger partial charge is 0.339 e. The van der Waals surface area contributed by atoms with Crippen molar-refractivity contribution in [2.24, 2.45) is 0 Å². The van der Waals surface area contributed by atoms with Gasteiger partial charge in [0.1, 0.15) is 6.54 Å². The maximum Gasteiger partial charge on any atom is 0.308 e. The highest BCUT2D eigenvalue weighted by Gasteiger charge is 2.18. The Hall–Kier alpha value is -1.66. The number of rotatable bonds is 2. The number of carbonyl (C=O) groups excluding carboxylic acids is 1. The third kappa shape index (κ3) is 2.48. The zero-order valence-electron chi connectivity index (χ0n) is 11.4. The van der Waals surface area contributed by atoms with Gasteiger partial charge in [-0.15, -0.1) is 0 Å². The fourth-order valence-electron chi connectivity index (χ4n) is 2.47. The zero-order chi connectivity index (χ0) is 14.1. The van der Waals surface area contributed by atoms with E-state index < -0.39 is 0 Å². The van der Waals surface area contributed by atoms with Crippen LogP contribution in [0, 0.1) is 6.92 Å². The number of aromatic nitrogens is 1. The van der Waals surface area contributed by atoms with Crippen molar-refractivity contribution in [3.05, 3.63) is 33.4 Å². The molecule has 1 fully saturated rings. The molecule has 106 valence electrons. The molecular weight excluding hydrogens is 274 g/mol. The van der Waals surface area contributed by atoms with Crippen molar-refractivity contribution in [2.45, 2.75) is 13.5 Å². The Morgan fingerprint density at radius 3 is 2.85 bits per heavy atom. The van der Waals surface area contributed by atoms with Crippen molar-refractivity contribution >= 4 is 27.5 Å². The SMILES string of the molecule is Cc1ccc2sc(=O)n(CC(=O)N3CCNCC3)c2c1. The molecular formula is C14H17N3O2S. The Morgan fingerprint density at radius 1 is 1.35 bits per heavy atom. The van der Waals surface area contributed by atoms with E-state index in [1.54, 1.807) is 4.57 Å². The van der Waals surface area contributed by atoms with Gasteiger partial charge in [0.2, 0.25) is 5.91 Å². The highest BCUT2D eigenvalue weighted by molar-refractivity contribution is 7.16. The van der Waals surface area contributed by atoms with Gasteiger partial charge in [-0.05, 0) is 24.6 Å². The maximum atomic E-state index is 12.3. The summed E-state index contributed by atoms with van der Waals surface area (Å²) in [5, 5.41) is 3.22. The van der Waals surface area contributed by atoms with E-state index in [-0.39, 0.29) is 17.3 Å². The zero-order valence-corrected chi connectivity index (χ0v) is 12.2. The minimum absolute atomic E-state index is 0.0230. The molecule has 1 aliphatic rings. The lowest BCUT2D eigenvalue weighted by Crippen LogP contribution is -2.47. The summed E-state index contributed by atoms with van der Waals surface area (Å²) in [6, 6.07) is 5.90. The molecule has 0 unspecified atom stereocenters. The van der Waals surface area contributed by atoms with E-state index in [2.05, 4.69) is 5.32 Å². The van der Waals surface area contributed by atoms with Gasteiger partial charge in [-0.1, -0.05) is 17.4 Å². The smallest absolute Gasteiger partial charge is 0.308 e. The molecule has 0 aliphatic carbocycles. The van der Waals surface area contributed by atoms with E-state index in [0.29, 0.717) is 13.1 Å². The summed E-state index contributed by atoms with van der Waals surface area (Å²) in [5.74, 6) is 0.0230. The number of fused-ring (bicyclic) bond motifs is 1. The normalized spacial score (nSPS) is 15.8. The van der Waals surface area contributed by atoms with Crippen molar-refractivity contribution in [3.8, 4) is 0 Å². The van der Waals surface area contributed by atoms with Crippen molar-refractivity contribution in [1.82, 2.24) is 14.8 Å². The van der Waals surface area contributed by atoms with E-state index >= 15 is 0 Å². The Kier molecular flexibility index (Phi) is 3.58. The van der Waals surface area contributed by atoms with Crippen molar-refractivity contribution in [1.29, 1.82) is 0 Å². The van der Waals surface area contributed by atoms with Crippen LogP contribution >= 0.6 is 11.3 Å². The quantitative estimate of drug-likeness (QED) is 0.890. The van der Waals surface area contributed by atoms with Crippen LogP contribution in [-0.2, 0) is 11.3 Å². The fourth-order valence-corrected chi connectivity index (χ4v) is 3.34. The summed E-state index contributed by atoms with van der Waals surface area (Å²) in [6.45, 7) is 5.21. The molecule has 1 aliphatic heterocycles. The highest BCUT2D eigenvalue weighted by atomic mass is 32.1. The van der Waals surface area contributed by atoms with Crippen LogP contribution in [0.4, 0.5) is 0 Å². The first-order valence-electron chi connectivity index (χ1n) is 6.73. The fraction of sp³-hybridized carbons (Fsp3) is 0.429. The summed E-state index contributed by atoms with van der Waals surface area (Å²) in [5.41, 5.74) is 1.96. The molecule has 20 heavy (non-hydrogen) atoms. The number of nitrogens with zero attached hydrogens (tertiary/aromatic N) is 2. The number of nitrogens with one attached hydrogen (secondary N) is 1. The Labute approximate surface area is 120 Å². The number of piperazine rings is 1. The molecule has 0 saturated carbocycles. The minimum atomic E-state index is -0.0610. The lowest BCUT2D eigenvalue weighted by atomic mass is 10.2. The van der Waals surface area contributed by atoms with Crippen LogP contribution in [0.3, 0.4) is 0 Å². The van der Waals surface area contributed by atoms with E-state index in [0.717, 1.165) is 28.9 Å². The second-order valence-electron chi connectivity index (χ2n) is 5.06. The third-order valence-electron chi connectivity index (χ3n) is 3.59. The van der Waals surface area contributed by atoms with E-state index in [4.69, 9.17) is 0 Å². The van der Waals surface area contributed by atoms with Gasteiger partial charge < -0.3 is 10.2 Å². The molecule has 1 N–H and O–H groups in total. The standard InChI is InChI=1S/C14H17N3O2S/c1-10-2-3-12-11(8-10)17(14(19)20-12)9-13(18)16-6-4-15-5-7-16/h2-3,8,15H,4-7,9H2,1H3. The van der Waals surface area contributed by atoms with Crippen LogP contribution < -0.4 is 10.2 Å². The number of carbonyl (C=O) groups is 1. The van der Waals surface area contributed by atoms with Crippen molar-refractivity contribution in [3.63, 3.8) is 0 Å². The van der Waals surface area contributed by atoms with E-state index in [1.807, 2.05) is 30.0 Å². The van der Waals surface area contributed by atoms with Crippen molar-refractivity contribution in [2.75, 3.05) is 26.2 Å². The minimum Gasteiger partial charge on any atom is -0.339 e.